The number of aliphatic hydroxyl groups is 1. The fourth-order valence-electron chi connectivity index (χ4n) is 2.76. The van der Waals surface area contributed by atoms with E-state index in [0.29, 0.717) is 6.04 Å². The van der Waals surface area contributed by atoms with Crippen molar-refractivity contribution in [3.05, 3.63) is 21.4 Å². The van der Waals surface area contributed by atoms with Gasteiger partial charge in [-0.3, -0.25) is 0 Å². The molecule has 1 unspecified atom stereocenters. The Hall–Kier alpha value is -0.420. The van der Waals surface area contributed by atoms with Gasteiger partial charge in [-0.15, -0.1) is 11.3 Å². The minimum absolute atomic E-state index is 0.00544. The van der Waals surface area contributed by atoms with Gasteiger partial charge in [0, 0.05) is 41.0 Å². The number of aliphatic hydroxyl groups excluding tert-OH is 1. The second-order valence-corrected chi connectivity index (χ2v) is 7.20. The van der Waals surface area contributed by atoms with Crippen LogP contribution in [0.3, 0.4) is 0 Å². The molecule has 2 heterocycles. The Labute approximate surface area is 120 Å². The first kappa shape index (κ1) is 15.0. The first-order valence-corrected chi connectivity index (χ1v) is 7.87. The highest BCUT2D eigenvalue weighted by Gasteiger charge is 2.32. The molecule has 1 fully saturated rings. The van der Waals surface area contributed by atoms with Crippen LogP contribution in [0.5, 0.6) is 0 Å². The molecule has 1 saturated heterocycles. The number of hydrogen-bond donors (Lipinski definition) is 2. The average molecular weight is 283 g/mol. The molecule has 19 heavy (non-hydrogen) atoms. The van der Waals surface area contributed by atoms with Crippen molar-refractivity contribution in [2.45, 2.75) is 39.7 Å². The van der Waals surface area contributed by atoms with Gasteiger partial charge < -0.3 is 15.2 Å². The number of rotatable bonds is 5. The molecule has 0 aliphatic carbocycles. The average Bonchev–Trinajstić information content (AvgIpc) is 2.76. The van der Waals surface area contributed by atoms with Crippen molar-refractivity contribution in [2.75, 3.05) is 26.4 Å². The molecule has 1 aliphatic rings. The molecule has 1 aliphatic heterocycles. The molecular weight excluding hydrogens is 258 g/mol. The number of hydrogen-bond acceptors (Lipinski definition) is 4. The maximum absolute atomic E-state index is 9.69. The monoisotopic (exact) mass is 283 g/mol. The lowest BCUT2D eigenvalue weighted by molar-refractivity contribution is -0.0163. The van der Waals surface area contributed by atoms with Gasteiger partial charge in [-0.05, 0) is 45.2 Å². The van der Waals surface area contributed by atoms with E-state index in [0.717, 1.165) is 32.6 Å². The zero-order chi connectivity index (χ0) is 13.9. The summed E-state index contributed by atoms with van der Waals surface area (Å²) in [6, 6.07) is 2.61. The Morgan fingerprint density at radius 3 is 2.63 bits per heavy atom. The second kappa shape index (κ2) is 6.35. The summed E-state index contributed by atoms with van der Waals surface area (Å²) in [5.74, 6) is 0. The van der Waals surface area contributed by atoms with Gasteiger partial charge in [0.2, 0.25) is 0 Å². The van der Waals surface area contributed by atoms with Gasteiger partial charge in [0.05, 0.1) is 6.61 Å². The summed E-state index contributed by atoms with van der Waals surface area (Å²) < 4.78 is 5.40. The Bertz CT molecular complexity index is 410. The molecule has 1 atom stereocenters. The van der Waals surface area contributed by atoms with Crippen LogP contribution >= 0.6 is 11.3 Å². The van der Waals surface area contributed by atoms with Crippen molar-refractivity contribution in [1.82, 2.24) is 5.32 Å². The highest BCUT2D eigenvalue weighted by atomic mass is 32.1. The van der Waals surface area contributed by atoms with E-state index in [1.54, 1.807) is 0 Å². The zero-order valence-corrected chi connectivity index (χ0v) is 13.0. The van der Waals surface area contributed by atoms with Gasteiger partial charge in [-0.25, -0.2) is 0 Å². The summed E-state index contributed by atoms with van der Waals surface area (Å²) in [5.41, 5.74) is 1.40. The van der Waals surface area contributed by atoms with Crippen LogP contribution < -0.4 is 5.32 Å². The van der Waals surface area contributed by atoms with Crippen LogP contribution in [0.2, 0.25) is 0 Å². The van der Waals surface area contributed by atoms with Crippen molar-refractivity contribution < 1.29 is 9.84 Å². The van der Waals surface area contributed by atoms with Gasteiger partial charge >= 0.3 is 0 Å². The third-order valence-corrected chi connectivity index (χ3v) is 5.20. The molecule has 0 spiro atoms. The molecule has 1 aromatic rings. The lowest BCUT2D eigenvalue weighted by atomic mass is 9.80. The third kappa shape index (κ3) is 3.57. The predicted octanol–water partition coefficient (Wildman–Crippen LogP) is 2.80. The van der Waals surface area contributed by atoms with Gasteiger partial charge in [0.15, 0.2) is 0 Å². The van der Waals surface area contributed by atoms with Crippen LogP contribution in [0.4, 0.5) is 0 Å². The van der Waals surface area contributed by atoms with E-state index in [9.17, 15) is 5.11 Å². The Kier molecular flexibility index (Phi) is 5.01. The summed E-state index contributed by atoms with van der Waals surface area (Å²) in [7, 11) is 0. The first-order chi connectivity index (χ1) is 9.06. The lowest BCUT2D eigenvalue weighted by Gasteiger charge is -2.36. The van der Waals surface area contributed by atoms with Crippen LogP contribution in [-0.4, -0.2) is 31.5 Å². The maximum Gasteiger partial charge on any atom is 0.0501 e. The van der Waals surface area contributed by atoms with E-state index < -0.39 is 0 Å². The van der Waals surface area contributed by atoms with E-state index in [1.165, 1.54) is 15.3 Å². The van der Waals surface area contributed by atoms with Gasteiger partial charge in [-0.2, -0.15) is 0 Å². The topological polar surface area (TPSA) is 41.5 Å². The van der Waals surface area contributed by atoms with E-state index >= 15 is 0 Å². The molecule has 0 amide bonds. The molecular formula is C15H25NO2S. The van der Waals surface area contributed by atoms with Gasteiger partial charge in [-0.1, -0.05) is 0 Å². The molecule has 0 saturated carbocycles. The quantitative estimate of drug-likeness (QED) is 0.873. The minimum Gasteiger partial charge on any atom is -0.396 e. The van der Waals surface area contributed by atoms with Crippen LogP contribution in [-0.2, 0) is 4.74 Å². The summed E-state index contributed by atoms with van der Waals surface area (Å²) in [4.78, 5) is 2.76. The zero-order valence-electron chi connectivity index (χ0n) is 12.2. The highest BCUT2D eigenvalue weighted by Crippen LogP contribution is 2.31. The summed E-state index contributed by atoms with van der Waals surface area (Å²) >= 11 is 1.85. The highest BCUT2D eigenvalue weighted by molar-refractivity contribution is 7.12. The van der Waals surface area contributed by atoms with Crippen molar-refractivity contribution >= 4 is 11.3 Å². The standard InChI is InChI=1S/C15H25NO2S/c1-11-8-14(13(3)19-11)12(2)16-9-15(10-17)4-6-18-7-5-15/h8,12,16-17H,4-7,9-10H2,1-3H3. The van der Waals surface area contributed by atoms with E-state index in [-0.39, 0.29) is 12.0 Å². The Morgan fingerprint density at radius 1 is 1.42 bits per heavy atom. The molecule has 4 heteroatoms. The van der Waals surface area contributed by atoms with Crippen LogP contribution in [0.25, 0.3) is 0 Å². The smallest absolute Gasteiger partial charge is 0.0501 e. The molecule has 3 nitrogen and oxygen atoms in total. The lowest BCUT2D eigenvalue weighted by Crippen LogP contribution is -2.42. The van der Waals surface area contributed by atoms with Crippen LogP contribution in [0.1, 0.15) is 41.1 Å². The number of ether oxygens (including phenoxy) is 1. The summed E-state index contributed by atoms with van der Waals surface area (Å²) in [5, 5.41) is 13.3. The van der Waals surface area contributed by atoms with E-state index in [4.69, 9.17) is 4.74 Å². The van der Waals surface area contributed by atoms with Gasteiger partial charge in [0.25, 0.3) is 0 Å². The molecule has 0 aromatic carbocycles. The van der Waals surface area contributed by atoms with E-state index in [2.05, 4.69) is 32.2 Å². The molecule has 2 rings (SSSR count). The normalized spacial score (nSPS) is 20.4. The Balaban J connectivity index is 1.95. The third-order valence-electron chi connectivity index (χ3n) is 4.22. The van der Waals surface area contributed by atoms with Crippen molar-refractivity contribution in [3.63, 3.8) is 0 Å². The molecule has 0 radical (unpaired) electrons. The number of aryl methyl sites for hydroxylation is 2. The minimum atomic E-state index is 0.00544. The fourth-order valence-corrected chi connectivity index (χ4v) is 3.78. The van der Waals surface area contributed by atoms with Crippen LogP contribution in [0, 0.1) is 19.3 Å². The Morgan fingerprint density at radius 2 is 2.11 bits per heavy atom. The van der Waals surface area contributed by atoms with Crippen molar-refractivity contribution in [3.8, 4) is 0 Å². The largest absolute Gasteiger partial charge is 0.396 e. The van der Waals surface area contributed by atoms with E-state index in [1.807, 2.05) is 11.3 Å². The van der Waals surface area contributed by atoms with Crippen molar-refractivity contribution in [1.29, 1.82) is 0 Å². The fraction of sp³-hybridized carbons (Fsp3) is 0.733. The first-order valence-electron chi connectivity index (χ1n) is 7.05. The van der Waals surface area contributed by atoms with Crippen molar-refractivity contribution in [2.24, 2.45) is 5.41 Å². The number of thiophene rings is 1. The molecule has 0 bridgehead atoms. The molecule has 2 N–H and O–H groups in total. The molecule has 1 aromatic heterocycles. The SMILES string of the molecule is Cc1cc(C(C)NCC2(CO)CCOCC2)c(C)s1. The summed E-state index contributed by atoms with van der Waals surface area (Å²) in [6.07, 6.45) is 1.90. The predicted molar refractivity (Wildman–Crippen MR) is 79.8 cm³/mol. The summed E-state index contributed by atoms with van der Waals surface area (Å²) in [6.45, 7) is 9.20. The number of nitrogens with one attached hydrogen (secondary N) is 1. The molecule has 108 valence electrons. The second-order valence-electron chi connectivity index (χ2n) is 5.74. The van der Waals surface area contributed by atoms with Gasteiger partial charge in [0.1, 0.15) is 0 Å². The maximum atomic E-state index is 9.69. The van der Waals surface area contributed by atoms with Crippen LogP contribution in [0.15, 0.2) is 6.07 Å².